The Morgan fingerprint density at radius 2 is 1.40 bits per heavy atom. The molecule has 20 heavy (non-hydrogen) atoms. The highest BCUT2D eigenvalue weighted by Gasteiger charge is 2.10. The number of aryl methyl sites for hydroxylation is 2. The lowest BCUT2D eigenvalue weighted by Gasteiger charge is -2.15. The van der Waals surface area contributed by atoms with Crippen LogP contribution in [0, 0.1) is 19.8 Å². The van der Waals surface area contributed by atoms with E-state index in [-0.39, 0.29) is 0 Å². The number of hydrogen-bond acceptors (Lipinski definition) is 0. The van der Waals surface area contributed by atoms with Crippen LogP contribution in [0.15, 0.2) is 42.5 Å². The minimum absolute atomic E-state index is 0.457. The van der Waals surface area contributed by atoms with Gasteiger partial charge in [0.1, 0.15) is 0 Å². The van der Waals surface area contributed by atoms with Gasteiger partial charge in [-0.1, -0.05) is 53.1 Å². The van der Waals surface area contributed by atoms with Crippen molar-refractivity contribution >= 4 is 23.2 Å². The SMILES string of the molecule is Cc1cc(C)cc(CC(CCl)Cc2ccc(Cl)cc2)c1. The van der Waals surface area contributed by atoms with E-state index in [2.05, 4.69) is 44.2 Å². The molecule has 0 heterocycles. The summed E-state index contributed by atoms with van der Waals surface area (Å²) in [6.45, 7) is 4.29. The summed E-state index contributed by atoms with van der Waals surface area (Å²) in [7, 11) is 0. The van der Waals surface area contributed by atoms with Gasteiger partial charge in [-0.3, -0.25) is 0 Å². The first-order valence-electron chi connectivity index (χ1n) is 6.94. The maximum atomic E-state index is 6.15. The fraction of sp³-hybridized carbons (Fsp3) is 0.333. The van der Waals surface area contributed by atoms with E-state index in [0.717, 1.165) is 17.9 Å². The van der Waals surface area contributed by atoms with Crippen molar-refractivity contribution in [2.45, 2.75) is 26.7 Å². The fourth-order valence-corrected chi connectivity index (χ4v) is 3.00. The van der Waals surface area contributed by atoms with Crippen LogP contribution in [0.1, 0.15) is 22.3 Å². The molecule has 0 aliphatic carbocycles. The van der Waals surface area contributed by atoms with Crippen molar-refractivity contribution in [2.24, 2.45) is 5.92 Å². The van der Waals surface area contributed by atoms with Crippen molar-refractivity contribution in [2.75, 3.05) is 5.88 Å². The Morgan fingerprint density at radius 3 is 1.95 bits per heavy atom. The molecule has 0 aromatic heterocycles. The van der Waals surface area contributed by atoms with Crippen LogP contribution >= 0.6 is 23.2 Å². The van der Waals surface area contributed by atoms with E-state index in [0.29, 0.717) is 11.8 Å². The molecule has 2 aromatic rings. The van der Waals surface area contributed by atoms with Gasteiger partial charge >= 0.3 is 0 Å². The second-order valence-corrected chi connectivity index (χ2v) is 6.30. The van der Waals surface area contributed by atoms with Crippen molar-refractivity contribution in [3.8, 4) is 0 Å². The molecule has 0 radical (unpaired) electrons. The number of benzene rings is 2. The van der Waals surface area contributed by atoms with Crippen LogP contribution in [0.5, 0.6) is 0 Å². The average Bonchev–Trinajstić information content (AvgIpc) is 2.39. The quantitative estimate of drug-likeness (QED) is 0.631. The normalized spacial score (nSPS) is 12.4. The molecule has 0 spiro atoms. The van der Waals surface area contributed by atoms with Gasteiger partial charge in [0.2, 0.25) is 0 Å². The van der Waals surface area contributed by atoms with E-state index >= 15 is 0 Å². The lowest BCUT2D eigenvalue weighted by molar-refractivity contribution is 0.583. The van der Waals surface area contributed by atoms with Crippen molar-refractivity contribution in [1.82, 2.24) is 0 Å². The maximum absolute atomic E-state index is 6.15. The Bertz CT molecular complexity index is 538. The third kappa shape index (κ3) is 4.54. The third-order valence-corrected chi connectivity index (χ3v) is 4.15. The molecule has 2 heteroatoms. The molecule has 0 aliphatic rings. The minimum Gasteiger partial charge on any atom is -0.126 e. The Morgan fingerprint density at radius 1 is 0.850 bits per heavy atom. The van der Waals surface area contributed by atoms with Crippen molar-refractivity contribution in [3.05, 3.63) is 69.7 Å². The summed E-state index contributed by atoms with van der Waals surface area (Å²) >= 11 is 12.1. The predicted octanol–water partition coefficient (Wildman–Crippen LogP) is 5.60. The largest absolute Gasteiger partial charge is 0.126 e. The molecule has 106 valence electrons. The van der Waals surface area contributed by atoms with Crippen LogP contribution in [-0.4, -0.2) is 5.88 Å². The molecule has 1 unspecified atom stereocenters. The molecule has 2 rings (SSSR count). The number of halogens is 2. The molecule has 0 aliphatic heterocycles. The highest BCUT2D eigenvalue weighted by Crippen LogP contribution is 2.19. The number of rotatable bonds is 5. The maximum Gasteiger partial charge on any atom is 0.0406 e. The van der Waals surface area contributed by atoms with E-state index in [9.17, 15) is 0 Å². The summed E-state index contributed by atoms with van der Waals surface area (Å²) < 4.78 is 0. The average molecular weight is 307 g/mol. The number of alkyl halides is 1. The standard InChI is InChI=1S/C18H20Cl2/c1-13-7-14(2)9-16(8-13)11-17(12-19)10-15-3-5-18(20)6-4-15/h3-9,17H,10-12H2,1-2H3. The van der Waals surface area contributed by atoms with Gasteiger partial charge in [-0.15, -0.1) is 11.6 Å². The van der Waals surface area contributed by atoms with Gasteiger partial charge in [0.15, 0.2) is 0 Å². The summed E-state index contributed by atoms with van der Waals surface area (Å²) in [5, 5.41) is 0.783. The first-order chi connectivity index (χ1) is 9.56. The summed E-state index contributed by atoms with van der Waals surface area (Å²) in [4.78, 5) is 0. The van der Waals surface area contributed by atoms with Gasteiger partial charge in [0.25, 0.3) is 0 Å². The van der Waals surface area contributed by atoms with Gasteiger partial charge < -0.3 is 0 Å². The first-order valence-corrected chi connectivity index (χ1v) is 7.85. The van der Waals surface area contributed by atoms with E-state index in [1.807, 2.05) is 12.1 Å². The molecule has 2 aromatic carbocycles. The summed E-state index contributed by atoms with van der Waals surface area (Å²) in [5.74, 6) is 1.13. The highest BCUT2D eigenvalue weighted by atomic mass is 35.5. The monoisotopic (exact) mass is 306 g/mol. The van der Waals surface area contributed by atoms with Crippen LogP contribution in [0.4, 0.5) is 0 Å². The van der Waals surface area contributed by atoms with E-state index in [1.165, 1.54) is 22.3 Å². The molecule has 1 atom stereocenters. The Hall–Kier alpha value is -0.980. The Labute approximate surface area is 131 Å². The lowest BCUT2D eigenvalue weighted by Crippen LogP contribution is -2.10. The second-order valence-electron chi connectivity index (χ2n) is 5.55. The molecule has 0 amide bonds. The molecular weight excluding hydrogens is 287 g/mol. The Kier molecular flexibility index (Phi) is 5.51. The zero-order valence-electron chi connectivity index (χ0n) is 12.0. The Balaban J connectivity index is 2.06. The fourth-order valence-electron chi connectivity index (χ4n) is 2.66. The molecule has 0 nitrogen and oxygen atoms in total. The van der Waals surface area contributed by atoms with Gasteiger partial charge in [0.05, 0.1) is 0 Å². The van der Waals surface area contributed by atoms with Crippen LogP contribution in [-0.2, 0) is 12.8 Å². The van der Waals surface area contributed by atoms with Crippen molar-refractivity contribution in [3.63, 3.8) is 0 Å². The zero-order chi connectivity index (χ0) is 14.5. The second kappa shape index (κ2) is 7.15. The molecule has 0 saturated carbocycles. The third-order valence-electron chi connectivity index (χ3n) is 3.46. The summed E-state index contributed by atoms with van der Waals surface area (Å²) in [5.41, 5.74) is 5.31. The lowest BCUT2D eigenvalue weighted by atomic mass is 9.92. The first kappa shape index (κ1) is 15.4. The van der Waals surface area contributed by atoms with Crippen molar-refractivity contribution < 1.29 is 0 Å². The highest BCUT2D eigenvalue weighted by molar-refractivity contribution is 6.30. The van der Waals surface area contributed by atoms with Crippen LogP contribution < -0.4 is 0 Å². The zero-order valence-corrected chi connectivity index (χ0v) is 13.5. The van der Waals surface area contributed by atoms with Crippen LogP contribution in [0.2, 0.25) is 5.02 Å². The topological polar surface area (TPSA) is 0 Å². The predicted molar refractivity (Wildman–Crippen MR) is 89.0 cm³/mol. The minimum atomic E-state index is 0.457. The molecule has 0 fully saturated rings. The smallest absolute Gasteiger partial charge is 0.0406 e. The van der Waals surface area contributed by atoms with E-state index in [4.69, 9.17) is 23.2 Å². The van der Waals surface area contributed by atoms with Crippen LogP contribution in [0.25, 0.3) is 0 Å². The van der Waals surface area contributed by atoms with Gasteiger partial charge in [0, 0.05) is 10.9 Å². The van der Waals surface area contributed by atoms with E-state index < -0.39 is 0 Å². The molecule has 0 saturated heterocycles. The van der Waals surface area contributed by atoms with E-state index in [1.54, 1.807) is 0 Å². The molecular formula is C18H20Cl2. The molecule has 0 bridgehead atoms. The number of hydrogen-bond donors (Lipinski definition) is 0. The van der Waals surface area contributed by atoms with Gasteiger partial charge in [-0.05, 0) is 55.9 Å². The summed E-state index contributed by atoms with van der Waals surface area (Å²) in [6.07, 6.45) is 2.02. The van der Waals surface area contributed by atoms with Crippen LogP contribution in [0.3, 0.4) is 0 Å². The van der Waals surface area contributed by atoms with Crippen molar-refractivity contribution in [1.29, 1.82) is 0 Å². The van der Waals surface area contributed by atoms with Gasteiger partial charge in [-0.2, -0.15) is 0 Å². The summed E-state index contributed by atoms with van der Waals surface area (Å²) in [6, 6.07) is 14.8. The van der Waals surface area contributed by atoms with Gasteiger partial charge in [-0.25, -0.2) is 0 Å². The molecule has 0 N–H and O–H groups in total.